The van der Waals surface area contributed by atoms with E-state index in [1.54, 1.807) is 30.6 Å². The van der Waals surface area contributed by atoms with E-state index in [9.17, 15) is 9.59 Å². The van der Waals surface area contributed by atoms with Crippen LogP contribution in [0.4, 0.5) is 0 Å². The highest BCUT2D eigenvalue weighted by atomic mass is 16.5. The zero-order valence-corrected chi connectivity index (χ0v) is 25.5. The summed E-state index contributed by atoms with van der Waals surface area (Å²) >= 11 is 0. The fraction of sp³-hybridized carbons (Fsp3) is 0.308. The van der Waals surface area contributed by atoms with E-state index in [1.807, 2.05) is 48.5 Å². The predicted octanol–water partition coefficient (Wildman–Crippen LogP) is 8.62. The van der Waals surface area contributed by atoms with Gasteiger partial charge >= 0.3 is 0 Å². The van der Waals surface area contributed by atoms with Gasteiger partial charge in [-0.25, -0.2) is 0 Å². The highest BCUT2D eigenvalue weighted by Gasteiger charge is 2.54. The molecule has 2 aliphatic carbocycles. The van der Waals surface area contributed by atoms with E-state index in [2.05, 4.69) is 41.7 Å². The second-order valence-electron chi connectivity index (χ2n) is 12.7. The van der Waals surface area contributed by atoms with Gasteiger partial charge in [-0.2, -0.15) is 0 Å². The van der Waals surface area contributed by atoms with Crippen molar-refractivity contribution < 1.29 is 14.3 Å². The van der Waals surface area contributed by atoms with Crippen molar-refractivity contribution in [1.29, 1.82) is 0 Å². The maximum absolute atomic E-state index is 14.7. The molecule has 1 fully saturated rings. The molecule has 0 spiro atoms. The number of fused-ring (bicyclic) bond motifs is 2. The lowest BCUT2D eigenvalue weighted by Crippen LogP contribution is -2.40. The van der Waals surface area contributed by atoms with Gasteiger partial charge in [0.25, 0.3) is 0 Å². The van der Waals surface area contributed by atoms with Crippen molar-refractivity contribution in [3.63, 3.8) is 0 Å². The summed E-state index contributed by atoms with van der Waals surface area (Å²) in [5.74, 6) is 0.878. The minimum Gasteiger partial charge on any atom is -0.489 e. The van der Waals surface area contributed by atoms with Gasteiger partial charge in [0.05, 0.1) is 0 Å². The van der Waals surface area contributed by atoms with Crippen molar-refractivity contribution in [2.75, 3.05) is 0 Å². The number of benzene rings is 3. The van der Waals surface area contributed by atoms with Gasteiger partial charge in [-0.15, -0.1) is 0 Å². The Bertz CT molecular complexity index is 1840. The SMILES string of the molecule is Cc1cn(C(C)C2CCCCC2)c2cc(C3(Cc4ccncc4)C(=O)c4ccc(OCc5ccccc5)cc4C3=O)ccc12. The predicted molar refractivity (Wildman–Crippen MR) is 173 cm³/mol. The summed E-state index contributed by atoms with van der Waals surface area (Å²) < 4.78 is 8.48. The fourth-order valence-corrected chi connectivity index (χ4v) is 7.51. The number of Topliss-reactive ketones (excluding diaryl/α,β-unsaturated/α-hetero) is 2. The highest BCUT2D eigenvalue weighted by molar-refractivity contribution is 6.33. The summed E-state index contributed by atoms with van der Waals surface area (Å²) in [6.07, 6.45) is 12.3. The number of carbonyl (C=O) groups excluding carboxylic acids is 2. The zero-order chi connectivity index (χ0) is 30.3. The quantitative estimate of drug-likeness (QED) is 0.172. The topological polar surface area (TPSA) is 61.2 Å². The number of rotatable bonds is 8. The Balaban J connectivity index is 1.31. The molecular weight excluding hydrogens is 544 g/mol. The number of ether oxygens (including phenoxy) is 1. The first-order chi connectivity index (χ1) is 21.5. The van der Waals surface area contributed by atoms with Crippen LogP contribution in [0.5, 0.6) is 5.75 Å². The van der Waals surface area contributed by atoms with Gasteiger partial charge < -0.3 is 9.30 Å². The number of ketones is 2. The van der Waals surface area contributed by atoms with E-state index in [0.717, 1.165) is 22.2 Å². The Hall–Kier alpha value is -4.51. The molecule has 44 heavy (non-hydrogen) atoms. The van der Waals surface area contributed by atoms with E-state index in [4.69, 9.17) is 4.74 Å². The number of hydrogen-bond acceptors (Lipinski definition) is 4. The summed E-state index contributed by atoms with van der Waals surface area (Å²) in [5.41, 5.74) is 4.51. The Morgan fingerprint density at radius 1 is 0.864 bits per heavy atom. The first kappa shape index (κ1) is 28.3. The van der Waals surface area contributed by atoms with Crippen LogP contribution >= 0.6 is 0 Å². The highest BCUT2D eigenvalue weighted by Crippen LogP contribution is 2.45. The third kappa shape index (κ3) is 4.85. The van der Waals surface area contributed by atoms with Crippen molar-refractivity contribution in [2.24, 2.45) is 5.92 Å². The van der Waals surface area contributed by atoms with E-state index in [-0.39, 0.29) is 18.0 Å². The number of hydrogen-bond donors (Lipinski definition) is 0. The Labute approximate surface area is 258 Å². The number of aromatic nitrogens is 2. The average molecular weight is 583 g/mol. The van der Waals surface area contributed by atoms with Gasteiger partial charge in [0.1, 0.15) is 17.8 Å². The third-order valence-electron chi connectivity index (χ3n) is 10.0. The summed E-state index contributed by atoms with van der Waals surface area (Å²) in [6, 6.07) is 25.6. The lowest BCUT2D eigenvalue weighted by molar-refractivity contribution is 0.0793. The second kappa shape index (κ2) is 11.5. The molecule has 0 aliphatic heterocycles. The number of aryl methyl sites for hydroxylation is 1. The number of pyridine rings is 1. The maximum Gasteiger partial charge on any atom is 0.182 e. The van der Waals surface area contributed by atoms with Crippen molar-refractivity contribution in [2.45, 2.75) is 70.4 Å². The molecule has 0 bridgehead atoms. The van der Waals surface area contributed by atoms with Crippen molar-refractivity contribution >= 4 is 22.5 Å². The van der Waals surface area contributed by atoms with Gasteiger partial charge in [0.15, 0.2) is 11.6 Å². The molecule has 2 heterocycles. The molecule has 2 unspecified atom stereocenters. The van der Waals surface area contributed by atoms with Crippen LogP contribution in [0.25, 0.3) is 10.9 Å². The monoisotopic (exact) mass is 582 g/mol. The van der Waals surface area contributed by atoms with Crippen LogP contribution in [-0.2, 0) is 18.4 Å². The molecular formula is C39H38N2O3. The Morgan fingerprint density at radius 2 is 1.61 bits per heavy atom. The van der Waals surface area contributed by atoms with Crippen molar-refractivity contribution in [3.8, 4) is 5.75 Å². The van der Waals surface area contributed by atoms with Crippen molar-refractivity contribution in [3.05, 3.63) is 131 Å². The van der Waals surface area contributed by atoms with Gasteiger partial charge in [-0.1, -0.05) is 61.7 Å². The molecule has 2 atom stereocenters. The fourth-order valence-electron chi connectivity index (χ4n) is 7.51. The molecule has 2 aromatic heterocycles. The first-order valence-corrected chi connectivity index (χ1v) is 15.9. The summed E-state index contributed by atoms with van der Waals surface area (Å²) in [7, 11) is 0. The van der Waals surface area contributed by atoms with Gasteiger partial charge in [-0.05, 0) is 97.7 Å². The van der Waals surface area contributed by atoms with Gasteiger partial charge in [-0.3, -0.25) is 14.6 Å². The standard InChI is InChI=1S/C39H38N2O3/c1-26-24-41(27(2)30-11-7-4-8-12-30)36-21-31(13-15-33(26)36)39(23-28-17-19-40-20-18-28)37(42)34-16-14-32(22-35(34)38(39)43)44-25-29-9-5-3-6-10-29/h3,5-6,9-10,13-22,24,27,30H,4,7-8,11-12,23,25H2,1-2H3. The van der Waals surface area contributed by atoms with Crippen LogP contribution in [0.15, 0.2) is 97.5 Å². The van der Waals surface area contributed by atoms with Crippen LogP contribution in [0.3, 0.4) is 0 Å². The van der Waals surface area contributed by atoms with Crippen molar-refractivity contribution in [1.82, 2.24) is 9.55 Å². The number of nitrogens with zero attached hydrogens (tertiary/aromatic N) is 2. The molecule has 0 N–H and O–H groups in total. The molecule has 0 radical (unpaired) electrons. The van der Waals surface area contributed by atoms with Gasteiger partial charge in [0.2, 0.25) is 0 Å². The first-order valence-electron chi connectivity index (χ1n) is 15.9. The molecule has 5 heteroatoms. The summed E-state index contributed by atoms with van der Waals surface area (Å²) in [4.78, 5) is 33.4. The van der Waals surface area contributed by atoms with E-state index < -0.39 is 5.41 Å². The van der Waals surface area contributed by atoms with E-state index in [1.165, 1.54) is 43.1 Å². The third-order valence-corrected chi connectivity index (χ3v) is 10.0. The van der Waals surface area contributed by atoms with Crippen LogP contribution in [0.1, 0.15) is 88.0 Å². The lowest BCUT2D eigenvalue weighted by Gasteiger charge is -2.30. The lowest BCUT2D eigenvalue weighted by atomic mass is 9.71. The summed E-state index contributed by atoms with van der Waals surface area (Å²) in [5, 5.41) is 1.17. The maximum atomic E-state index is 14.7. The minimum atomic E-state index is -1.37. The second-order valence-corrected chi connectivity index (χ2v) is 12.7. The molecule has 0 amide bonds. The van der Waals surface area contributed by atoms with Crippen LogP contribution < -0.4 is 4.74 Å². The molecule has 5 aromatic rings. The van der Waals surface area contributed by atoms with E-state index in [0.29, 0.717) is 35.4 Å². The zero-order valence-electron chi connectivity index (χ0n) is 25.5. The molecule has 3 aromatic carbocycles. The van der Waals surface area contributed by atoms with Gasteiger partial charge in [0, 0.05) is 46.7 Å². The molecule has 1 saturated carbocycles. The summed E-state index contributed by atoms with van der Waals surface area (Å²) in [6.45, 7) is 4.86. The smallest absolute Gasteiger partial charge is 0.182 e. The van der Waals surface area contributed by atoms with Crippen LogP contribution in [0.2, 0.25) is 0 Å². The largest absolute Gasteiger partial charge is 0.489 e. The van der Waals surface area contributed by atoms with E-state index >= 15 is 0 Å². The van der Waals surface area contributed by atoms with Crippen LogP contribution in [0, 0.1) is 12.8 Å². The minimum absolute atomic E-state index is 0.154. The Morgan fingerprint density at radius 3 is 2.39 bits per heavy atom. The Kier molecular flexibility index (Phi) is 7.41. The molecule has 0 saturated heterocycles. The van der Waals surface area contributed by atoms with Crippen LogP contribution in [-0.4, -0.2) is 21.1 Å². The normalized spacial score (nSPS) is 19.3. The number of carbonyl (C=O) groups is 2. The molecule has 222 valence electrons. The average Bonchev–Trinajstić information content (AvgIpc) is 3.51. The molecule has 5 nitrogen and oxygen atoms in total. The molecule has 7 rings (SSSR count). The molecule has 2 aliphatic rings.